The number of ether oxygens (including phenoxy) is 3. The van der Waals surface area contributed by atoms with Crippen LogP contribution in [0.15, 0.2) is 22.5 Å². The first-order valence-electron chi connectivity index (χ1n) is 8.70. The van der Waals surface area contributed by atoms with Gasteiger partial charge in [-0.25, -0.2) is 4.98 Å². The molecule has 0 saturated heterocycles. The maximum absolute atomic E-state index is 5.46. The zero-order valence-electron chi connectivity index (χ0n) is 17.2. The molecule has 1 aromatic heterocycles. The maximum Gasteiger partial charge on any atom is 0.191 e. The Morgan fingerprint density at radius 2 is 1.64 bits per heavy atom. The summed E-state index contributed by atoms with van der Waals surface area (Å²) < 4.78 is 16.2. The van der Waals surface area contributed by atoms with E-state index in [-0.39, 0.29) is 24.0 Å². The number of guanidine groups is 1. The van der Waals surface area contributed by atoms with Crippen LogP contribution in [0, 0.1) is 0 Å². The SMILES string of the molecule is CN=C(NCc1nc(C(C)C)cs1)NCc1cc(OC)c(OC)cc1OC.I. The molecule has 0 unspecified atom stereocenters. The minimum atomic E-state index is 0. The molecule has 0 radical (unpaired) electrons. The molecular weight excluding hydrogens is 491 g/mol. The lowest BCUT2D eigenvalue weighted by molar-refractivity contribution is 0.347. The first-order chi connectivity index (χ1) is 13.0. The van der Waals surface area contributed by atoms with Crippen LogP contribution in [-0.4, -0.2) is 39.3 Å². The Balaban J connectivity index is 0.00000392. The molecule has 0 aliphatic rings. The molecule has 0 bridgehead atoms. The van der Waals surface area contributed by atoms with Gasteiger partial charge in [0.25, 0.3) is 0 Å². The van der Waals surface area contributed by atoms with Gasteiger partial charge < -0.3 is 24.8 Å². The fraction of sp³-hybridized carbons (Fsp3) is 0.474. The van der Waals surface area contributed by atoms with E-state index in [1.165, 1.54) is 0 Å². The van der Waals surface area contributed by atoms with Gasteiger partial charge in [0.2, 0.25) is 0 Å². The summed E-state index contributed by atoms with van der Waals surface area (Å²) in [6, 6.07) is 3.71. The Bertz CT molecular complexity index is 781. The average molecular weight is 520 g/mol. The van der Waals surface area contributed by atoms with Crippen molar-refractivity contribution in [3.8, 4) is 17.2 Å². The predicted molar refractivity (Wildman–Crippen MR) is 125 cm³/mol. The van der Waals surface area contributed by atoms with Gasteiger partial charge in [-0.2, -0.15) is 0 Å². The Hall–Kier alpha value is -1.75. The Morgan fingerprint density at radius 3 is 2.18 bits per heavy atom. The number of methoxy groups -OCH3 is 3. The van der Waals surface area contributed by atoms with E-state index in [2.05, 4.69) is 39.8 Å². The van der Waals surface area contributed by atoms with E-state index in [0.717, 1.165) is 22.0 Å². The van der Waals surface area contributed by atoms with Gasteiger partial charge in [-0.05, 0) is 12.0 Å². The molecule has 2 aromatic rings. The van der Waals surface area contributed by atoms with Crippen LogP contribution in [0.5, 0.6) is 17.2 Å². The van der Waals surface area contributed by atoms with Crippen molar-refractivity contribution in [1.82, 2.24) is 15.6 Å². The highest BCUT2D eigenvalue weighted by atomic mass is 127. The molecule has 2 rings (SSSR count). The Kier molecular flexibility index (Phi) is 10.4. The normalized spacial score (nSPS) is 11.0. The molecule has 0 atom stereocenters. The van der Waals surface area contributed by atoms with Crippen LogP contribution in [-0.2, 0) is 13.1 Å². The molecule has 9 heteroatoms. The first kappa shape index (κ1) is 24.3. The third kappa shape index (κ3) is 6.40. The smallest absolute Gasteiger partial charge is 0.191 e. The number of thiazole rings is 1. The zero-order chi connectivity index (χ0) is 19.8. The van der Waals surface area contributed by atoms with Gasteiger partial charge in [-0.1, -0.05) is 13.8 Å². The molecule has 0 saturated carbocycles. The van der Waals surface area contributed by atoms with Crippen LogP contribution in [0.3, 0.4) is 0 Å². The van der Waals surface area contributed by atoms with E-state index in [0.29, 0.717) is 36.5 Å². The third-order valence-corrected chi connectivity index (χ3v) is 4.89. The monoisotopic (exact) mass is 520 g/mol. The van der Waals surface area contributed by atoms with Crippen molar-refractivity contribution >= 4 is 41.3 Å². The van der Waals surface area contributed by atoms with Gasteiger partial charge in [-0.3, -0.25) is 4.99 Å². The summed E-state index contributed by atoms with van der Waals surface area (Å²) in [6.07, 6.45) is 0. The van der Waals surface area contributed by atoms with Crippen molar-refractivity contribution < 1.29 is 14.2 Å². The molecule has 156 valence electrons. The second-order valence-electron chi connectivity index (χ2n) is 6.12. The van der Waals surface area contributed by atoms with E-state index in [4.69, 9.17) is 14.2 Å². The molecule has 0 spiro atoms. The molecule has 0 amide bonds. The van der Waals surface area contributed by atoms with Crippen molar-refractivity contribution in [3.05, 3.63) is 33.8 Å². The lowest BCUT2D eigenvalue weighted by Crippen LogP contribution is -2.36. The summed E-state index contributed by atoms with van der Waals surface area (Å²) in [5.41, 5.74) is 2.06. The van der Waals surface area contributed by atoms with Crippen LogP contribution in [0.1, 0.15) is 36.0 Å². The van der Waals surface area contributed by atoms with Crippen molar-refractivity contribution in [3.63, 3.8) is 0 Å². The average Bonchev–Trinajstić information content (AvgIpc) is 3.16. The summed E-state index contributed by atoms with van der Waals surface area (Å²) in [6.45, 7) is 5.44. The second-order valence-corrected chi connectivity index (χ2v) is 7.06. The molecule has 7 nitrogen and oxygen atoms in total. The first-order valence-corrected chi connectivity index (χ1v) is 9.58. The fourth-order valence-corrected chi connectivity index (χ4v) is 3.36. The van der Waals surface area contributed by atoms with Crippen LogP contribution in [0.2, 0.25) is 0 Å². The summed E-state index contributed by atoms with van der Waals surface area (Å²) in [7, 11) is 6.58. The predicted octanol–water partition coefficient (Wildman–Crippen LogP) is 3.78. The number of nitrogens with zero attached hydrogens (tertiary/aromatic N) is 2. The zero-order valence-corrected chi connectivity index (χ0v) is 20.3. The van der Waals surface area contributed by atoms with Crippen molar-refractivity contribution in [2.75, 3.05) is 28.4 Å². The largest absolute Gasteiger partial charge is 0.496 e. The summed E-state index contributed by atoms with van der Waals surface area (Å²) in [5.74, 6) is 3.13. The topological polar surface area (TPSA) is 77.0 Å². The highest BCUT2D eigenvalue weighted by molar-refractivity contribution is 14.0. The van der Waals surface area contributed by atoms with Crippen LogP contribution >= 0.6 is 35.3 Å². The summed E-state index contributed by atoms with van der Waals surface area (Å²) >= 11 is 1.65. The molecule has 0 aliphatic carbocycles. The lowest BCUT2D eigenvalue weighted by Gasteiger charge is -2.16. The summed E-state index contributed by atoms with van der Waals surface area (Å²) in [5, 5.41) is 9.71. The van der Waals surface area contributed by atoms with E-state index < -0.39 is 0 Å². The van der Waals surface area contributed by atoms with E-state index in [1.54, 1.807) is 39.7 Å². The van der Waals surface area contributed by atoms with Gasteiger partial charge in [0.15, 0.2) is 17.5 Å². The molecule has 0 aliphatic heterocycles. The third-order valence-electron chi connectivity index (χ3n) is 4.02. The number of benzene rings is 1. The minimum absolute atomic E-state index is 0. The number of halogens is 1. The Morgan fingerprint density at radius 1 is 1.04 bits per heavy atom. The molecule has 1 aromatic carbocycles. The fourth-order valence-electron chi connectivity index (χ4n) is 2.46. The van der Waals surface area contributed by atoms with E-state index >= 15 is 0 Å². The molecule has 2 N–H and O–H groups in total. The quantitative estimate of drug-likeness (QED) is 0.314. The standard InChI is InChI=1S/C19H28N4O3S.HI/c1-12(2)14-11-27-18(23-14)10-22-19(20-3)21-9-13-7-16(25-5)17(26-6)8-15(13)24-4;/h7-8,11-12H,9-10H2,1-6H3,(H2,20,21,22);1H. The highest BCUT2D eigenvalue weighted by Crippen LogP contribution is 2.34. The van der Waals surface area contributed by atoms with Gasteiger partial charge in [-0.15, -0.1) is 35.3 Å². The highest BCUT2D eigenvalue weighted by Gasteiger charge is 2.12. The van der Waals surface area contributed by atoms with Gasteiger partial charge in [0.05, 0.1) is 33.6 Å². The molecule has 28 heavy (non-hydrogen) atoms. The molecule has 0 fully saturated rings. The number of aromatic nitrogens is 1. The van der Waals surface area contributed by atoms with Crippen molar-refractivity contribution in [1.29, 1.82) is 0 Å². The number of aliphatic imine (C=N–C) groups is 1. The van der Waals surface area contributed by atoms with Crippen molar-refractivity contribution in [2.24, 2.45) is 4.99 Å². The number of nitrogens with one attached hydrogen (secondary N) is 2. The maximum atomic E-state index is 5.46. The van der Waals surface area contributed by atoms with E-state index in [9.17, 15) is 0 Å². The van der Waals surface area contributed by atoms with Crippen LogP contribution in [0.25, 0.3) is 0 Å². The van der Waals surface area contributed by atoms with E-state index in [1.807, 2.05) is 12.1 Å². The van der Waals surface area contributed by atoms with Crippen LogP contribution in [0.4, 0.5) is 0 Å². The van der Waals surface area contributed by atoms with Gasteiger partial charge in [0, 0.05) is 30.6 Å². The van der Waals surface area contributed by atoms with Gasteiger partial charge >= 0.3 is 0 Å². The van der Waals surface area contributed by atoms with Crippen LogP contribution < -0.4 is 24.8 Å². The molecular formula is C19H29IN4O3S. The molecule has 1 heterocycles. The lowest BCUT2D eigenvalue weighted by atomic mass is 10.1. The van der Waals surface area contributed by atoms with Gasteiger partial charge in [0.1, 0.15) is 10.8 Å². The number of rotatable bonds is 8. The second kappa shape index (κ2) is 11.9. The summed E-state index contributed by atoms with van der Waals surface area (Å²) in [4.78, 5) is 8.89. The Labute approximate surface area is 187 Å². The minimum Gasteiger partial charge on any atom is -0.496 e. The number of hydrogen-bond donors (Lipinski definition) is 2. The number of hydrogen-bond acceptors (Lipinski definition) is 6. The van der Waals surface area contributed by atoms with Crippen molar-refractivity contribution in [2.45, 2.75) is 32.9 Å².